The van der Waals surface area contributed by atoms with E-state index in [0.29, 0.717) is 42.9 Å². The van der Waals surface area contributed by atoms with Crippen LogP contribution in [0.5, 0.6) is 5.75 Å². The van der Waals surface area contributed by atoms with Gasteiger partial charge in [-0.15, -0.1) is 0 Å². The van der Waals surface area contributed by atoms with Crippen LogP contribution < -0.4 is 20.1 Å². The molecule has 4 rings (SSSR count). The summed E-state index contributed by atoms with van der Waals surface area (Å²) in [4.78, 5) is 15.9. The molecule has 3 aromatic rings. The van der Waals surface area contributed by atoms with Crippen molar-refractivity contribution in [2.24, 2.45) is 5.92 Å². The summed E-state index contributed by atoms with van der Waals surface area (Å²) in [7, 11) is -2.71. The smallest absolute Gasteiger partial charge is 0.261 e. The van der Waals surface area contributed by atoms with Crippen LogP contribution >= 0.6 is 0 Å². The molecule has 1 fully saturated rings. The normalized spacial score (nSPS) is 16.3. The molecule has 1 unspecified atom stereocenters. The third-order valence-corrected chi connectivity index (χ3v) is 8.15. The summed E-state index contributed by atoms with van der Waals surface area (Å²) in [6.45, 7) is 1.29. The lowest BCUT2D eigenvalue weighted by Crippen LogP contribution is -2.60. The van der Waals surface area contributed by atoms with Gasteiger partial charge in [0.1, 0.15) is 5.75 Å². The molecule has 2 aromatic carbocycles. The zero-order chi connectivity index (χ0) is 24.0. The van der Waals surface area contributed by atoms with E-state index >= 15 is 0 Å². The molecule has 34 heavy (non-hydrogen) atoms. The number of ether oxygens (including phenoxy) is 1. The first kappa shape index (κ1) is 23.7. The van der Waals surface area contributed by atoms with E-state index in [9.17, 15) is 13.2 Å². The maximum atomic E-state index is 14.2. The third-order valence-electron chi connectivity index (χ3n) is 6.12. The minimum absolute atomic E-state index is 0.262. The van der Waals surface area contributed by atoms with Crippen LogP contribution in [0, 0.1) is 5.92 Å². The number of piperidine rings is 1. The number of para-hydroxylation sites is 1. The Hall–Kier alpha value is -3.43. The van der Waals surface area contributed by atoms with Gasteiger partial charge in [-0.05, 0) is 55.8 Å². The van der Waals surface area contributed by atoms with Crippen LogP contribution in [0.15, 0.2) is 79.1 Å². The fourth-order valence-corrected chi connectivity index (χ4v) is 6.45. The lowest BCUT2D eigenvalue weighted by Gasteiger charge is -2.43. The van der Waals surface area contributed by atoms with Crippen LogP contribution in [0.3, 0.4) is 0 Å². The first-order valence-corrected chi connectivity index (χ1v) is 12.6. The summed E-state index contributed by atoms with van der Waals surface area (Å²) in [5.74, 6) is -0.541. The van der Waals surface area contributed by atoms with Crippen LogP contribution in [0.2, 0.25) is 0 Å². The summed E-state index contributed by atoms with van der Waals surface area (Å²) in [6.07, 6.45) is 4.16. The standard InChI is InChI=1S/C25H28N4O4S/c1-33-23-10-6-5-9-22(23)24(30)28-25(19-7-3-2-4-8-19,20-11-15-26-16-12-20)34(31,32)29-21-13-17-27-18-14-21/h2-10,13-14,17-18,20,26H,11-12,15-16H2,1H3,(H,27,29)(H,28,30). The van der Waals surface area contributed by atoms with Gasteiger partial charge in [-0.2, -0.15) is 0 Å². The van der Waals surface area contributed by atoms with E-state index in [1.165, 1.54) is 19.5 Å². The molecule has 1 aliphatic rings. The summed E-state index contributed by atoms with van der Waals surface area (Å²) >= 11 is 0. The highest BCUT2D eigenvalue weighted by Crippen LogP contribution is 2.41. The van der Waals surface area contributed by atoms with Gasteiger partial charge in [0, 0.05) is 18.3 Å². The van der Waals surface area contributed by atoms with E-state index in [1.54, 1.807) is 60.7 Å². The molecule has 9 heteroatoms. The van der Waals surface area contributed by atoms with E-state index in [2.05, 4.69) is 20.3 Å². The minimum atomic E-state index is -4.19. The number of carbonyl (C=O) groups excluding carboxylic acids is 1. The van der Waals surface area contributed by atoms with Crippen LogP contribution in [-0.4, -0.2) is 39.5 Å². The van der Waals surface area contributed by atoms with E-state index < -0.39 is 20.8 Å². The van der Waals surface area contributed by atoms with Gasteiger partial charge < -0.3 is 15.4 Å². The second-order valence-corrected chi connectivity index (χ2v) is 9.98. The van der Waals surface area contributed by atoms with Crippen molar-refractivity contribution in [2.45, 2.75) is 17.7 Å². The van der Waals surface area contributed by atoms with Crippen molar-refractivity contribution in [3.63, 3.8) is 0 Å². The number of methoxy groups -OCH3 is 1. The molecule has 0 bridgehead atoms. The number of carbonyl (C=O) groups is 1. The number of nitrogens with one attached hydrogen (secondary N) is 3. The fraction of sp³-hybridized carbons (Fsp3) is 0.280. The van der Waals surface area contributed by atoms with E-state index in [4.69, 9.17) is 4.74 Å². The quantitative estimate of drug-likeness (QED) is 0.457. The zero-order valence-corrected chi connectivity index (χ0v) is 19.7. The Balaban J connectivity index is 1.88. The molecular weight excluding hydrogens is 452 g/mol. The monoisotopic (exact) mass is 480 g/mol. The average Bonchev–Trinajstić information content (AvgIpc) is 2.88. The lowest BCUT2D eigenvalue weighted by molar-refractivity contribution is 0.0887. The minimum Gasteiger partial charge on any atom is -0.496 e. The van der Waals surface area contributed by atoms with E-state index in [-0.39, 0.29) is 11.5 Å². The average molecular weight is 481 g/mol. The van der Waals surface area contributed by atoms with Gasteiger partial charge in [0.25, 0.3) is 15.9 Å². The topological polar surface area (TPSA) is 109 Å². The molecule has 1 atom stereocenters. The fourth-order valence-electron chi connectivity index (χ4n) is 4.49. The van der Waals surface area contributed by atoms with E-state index in [0.717, 1.165) is 0 Å². The Morgan fingerprint density at radius 3 is 2.32 bits per heavy atom. The molecule has 1 saturated heterocycles. The number of aromatic nitrogens is 1. The predicted octanol–water partition coefficient (Wildman–Crippen LogP) is 3.11. The zero-order valence-electron chi connectivity index (χ0n) is 18.9. The number of anilines is 1. The molecule has 1 aliphatic heterocycles. The highest BCUT2D eigenvalue weighted by Gasteiger charge is 2.53. The maximum Gasteiger partial charge on any atom is 0.261 e. The van der Waals surface area contributed by atoms with Crippen molar-refractivity contribution < 1.29 is 17.9 Å². The second kappa shape index (κ2) is 10.2. The van der Waals surface area contributed by atoms with Gasteiger partial charge in [-0.1, -0.05) is 42.5 Å². The SMILES string of the molecule is COc1ccccc1C(=O)NC(c1ccccc1)(C1CCNCC1)S(=O)(=O)Nc1ccncc1. The molecule has 8 nitrogen and oxygen atoms in total. The maximum absolute atomic E-state index is 14.2. The molecule has 0 radical (unpaired) electrons. The number of rotatable bonds is 8. The summed E-state index contributed by atoms with van der Waals surface area (Å²) in [6, 6.07) is 18.8. The summed E-state index contributed by atoms with van der Waals surface area (Å²) in [5.41, 5.74) is 1.13. The number of amides is 1. The second-order valence-electron chi connectivity index (χ2n) is 8.12. The van der Waals surface area contributed by atoms with Gasteiger partial charge in [0.2, 0.25) is 0 Å². The molecular formula is C25H28N4O4S. The Morgan fingerprint density at radius 2 is 1.65 bits per heavy atom. The van der Waals surface area contributed by atoms with Crippen molar-refractivity contribution in [1.82, 2.24) is 15.6 Å². The molecule has 0 aliphatic carbocycles. The van der Waals surface area contributed by atoms with Gasteiger partial charge in [0.15, 0.2) is 4.87 Å². The number of sulfonamides is 1. The van der Waals surface area contributed by atoms with Crippen LogP contribution in [0.4, 0.5) is 5.69 Å². The largest absolute Gasteiger partial charge is 0.496 e. The molecule has 3 N–H and O–H groups in total. The lowest BCUT2D eigenvalue weighted by atomic mass is 9.85. The number of hydrogen-bond donors (Lipinski definition) is 3. The van der Waals surface area contributed by atoms with Crippen molar-refractivity contribution in [1.29, 1.82) is 0 Å². The molecule has 178 valence electrons. The van der Waals surface area contributed by atoms with Crippen LogP contribution in [0.25, 0.3) is 0 Å². The molecule has 1 aromatic heterocycles. The Kier molecular flexibility index (Phi) is 7.14. The van der Waals surface area contributed by atoms with Crippen molar-refractivity contribution in [2.75, 3.05) is 24.9 Å². The van der Waals surface area contributed by atoms with Gasteiger partial charge in [-0.25, -0.2) is 8.42 Å². The third kappa shape index (κ3) is 4.62. The number of pyridine rings is 1. The molecule has 0 saturated carbocycles. The number of benzene rings is 2. The van der Waals surface area contributed by atoms with E-state index in [1.807, 2.05) is 6.07 Å². The molecule has 1 amide bonds. The highest BCUT2D eigenvalue weighted by atomic mass is 32.2. The molecule has 0 spiro atoms. The number of nitrogens with zero attached hydrogens (tertiary/aromatic N) is 1. The highest BCUT2D eigenvalue weighted by molar-refractivity contribution is 7.93. The summed E-state index contributed by atoms with van der Waals surface area (Å²) < 4.78 is 36.6. The van der Waals surface area contributed by atoms with Crippen molar-refractivity contribution in [3.8, 4) is 5.75 Å². The van der Waals surface area contributed by atoms with Gasteiger partial charge >= 0.3 is 0 Å². The van der Waals surface area contributed by atoms with Gasteiger partial charge in [0.05, 0.1) is 18.4 Å². The van der Waals surface area contributed by atoms with Crippen LogP contribution in [0.1, 0.15) is 28.8 Å². The molecule has 2 heterocycles. The first-order chi connectivity index (χ1) is 16.5. The Labute approximate surface area is 199 Å². The van der Waals surface area contributed by atoms with Crippen molar-refractivity contribution in [3.05, 3.63) is 90.3 Å². The van der Waals surface area contributed by atoms with Crippen molar-refractivity contribution >= 4 is 21.6 Å². The predicted molar refractivity (Wildman–Crippen MR) is 131 cm³/mol. The van der Waals surface area contributed by atoms with Crippen LogP contribution in [-0.2, 0) is 14.9 Å². The first-order valence-electron chi connectivity index (χ1n) is 11.1. The number of hydrogen-bond acceptors (Lipinski definition) is 6. The van der Waals surface area contributed by atoms with Gasteiger partial charge in [-0.3, -0.25) is 14.5 Å². The Bertz CT molecular complexity index is 1220. The Morgan fingerprint density at radius 1 is 1.00 bits per heavy atom. The summed E-state index contributed by atoms with van der Waals surface area (Å²) in [5, 5.41) is 6.24.